The van der Waals surface area contributed by atoms with Crippen molar-refractivity contribution in [3.63, 3.8) is 0 Å². The number of benzene rings is 2. The molecular weight excluding hydrogens is 981 g/mol. The summed E-state index contributed by atoms with van der Waals surface area (Å²) in [7, 11) is 0. The Bertz CT molecular complexity index is 2530. The maximum atomic E-state index is 14.5. The maximum Gasteiger partial charge on any atom is 0.243 e. The number of carbonyl (C=O) groups is 10. The Morgan fingerprint density at radius 3 is 1.62 bits per heavy atom. The van der Waals surface area contributed by atoms with E-state index in [1.54, 1.807) is 64.2 Å². The zero-order valence-corrected chi connectivity index (χ0v) is 44.6. The summed E-state index contributed by atoms with van der Waals surface area (Å²) in [5, 5.41) is 22.0. The van der Waals surface area contributed by atoms with Crippen LogP contribution in [0.1, 0.15) is 98.6 Å². The minimum Gasteiger partial charge on any atom is -0.370 e. The third-order valence-corrected chi connectivity index (χ3v) is 12.2. The minimum atomic E-state index is -1.52. The molecule has 0 bridgehead atoms. The van der Waals surface area contributed by atoms with Gasteiger partial charge in [-0.15, -0.1) is 0 Å². The average Bonchev–Trinajstić information content (AvgIpc) is 3.75. The number of guanidine groups is 1. The molecule has 0 saturated carbocycles. The largest absolute Gasteiger partial charge is 0.370 e. The van der Waals surface area contributed by atoms with Gasteiger partial charge in [-0.1, -0.05) is 90.1 Å². The quantitative estimate of drug-likeness (QED) is 0.0211. The molecule has 1 aromatic heterocycles. The third-order valence-electron chi connectivity index (χ3n) is 12.2. The summed E-state index contributed by atoms with van der Waals surface area (Å²) >= 11 is 0. The first-order chi connectivity index (χ1) is 35.8. The van der Waals surface area contributed by atoms with Crippen molar-refractivity contribution in [2.24, 2.45) is 45.7 Å². The van der Waals surface area contributed by atoms with Gasteiger partial charge in [0, 0.05) is 49.8 Å². The fraction of sp³-hybridized carbons (Fsp3) is 0.519. The van der Waals surface area contributed by atoms with E-state index in [2.05, 4.69) is 52.5 Å². The number of carbonyl (C=O) groups excluding carboxylic acids is 10. The number of aliphatic imine (C=N–C) groups is 1. The lowest BCUT2D eigenvalue weighted by Gasteiger charge is -2.29. The first-order valence-electron chi connectivity index (χ1n) is 25.4. The van der Waals surface area contributed by atoms with E-state index in [0.717, 1.165) is 10.9 Å². The highest BCUT2D eigenvalue weighted by Gasteiger charge is 2.35. The Kier molecular flexibility index (Phi) is 24.9. The molecule has 24 nitrogen and oxygen atoms in total. The molecule has 416 valence electrons. The smallest absolute Gasteiger partial charge is 0.243 e. The Morgan fingerprint density at radius 2 is 1.05 bits per heavy atom. The van der Waals surface area contributed by atoms with Gasteiger partial charge in [-0.3, -0.25) is 52.9 Å². The molecule has 0 aliphatic heterocycles. The van der Waals surface area contributed by atoms with Crippen LogP contribution in [-0.2, 0) is 60.8 Å². The highest BCUT2D eigenvalue weighted by molar-refractivity contribution is 5.98. The highest BCUT2D eigenvalue weighted by atomic mass is 16.2. The monoisotopic (exact) mass is 1060 g/mol. The Labute approximate surface area is 443 Å². The van der Waals surface area contributed by atoms with Crippen LogP contribution in [0.25, 0.3) is 10.9 Å². The van der Waals surface area contributed by atoms with Crippen LogP contribution in [0.15, 0.2) is 65.8 Å². The number of rotatable bonds is 31. The molecule has 10 amide bonds. The molecule has 0 spiro atoms. The lowest BCUT2D eigenvalue weighted by molar-refractivity contribution is -0.136. The Hall–Kier alpha value is -8.05. The van der Waals surface area contributed by atoms with Gasteiger partial charge in [0.05, 0.1) is 0 Å². The van der Waals surface area contributed by atoms with Crippen molar-refractivity contribution in [2.75, 3.05) is 6.54 Å². The summed E-state index contributed by atoms with van der Waals surface area (Å²) in [5.41, 5.74) is 24.4. The number of H-pyrrole nitrogens is 1. The molecule has 24 heteroatoms. The number of fused-ring (bicyclic) bond motifs is 1. The van der Waals surface area contributed by atoms with Crippen molar-refractivity contribution in [1.82, 2.24) is 47.5 Å². The summed E-state index contributed by atoms with van der Waals surface area (Å²) in [6.45, 7) is 13.2. The number of hydrogen-bond donors (Lipinski definition) is 13. The average molecular weight is 1060 g/mol. The molecular formula is C52H78N14O10. The molecule has 0 aliphatic carbocycles. The highest BCUT2D eigenvalue weighted by Crippen LogP contribution is 2.20. The number of para-hydroxylation sites is 1. The summed E-state index contributed by atoms with van der Waals surface area (Å²) in [6.07, 6.45) is 1.05. The summed E-state index contributed by atoms with van der Waals surface area (Å²) < 4.78 is 0. The van der Waals surface area contributed by atoms with E-state index in [1.807, 2.05) is 38.1 Å². The lowest BCUT2D eigenvalue weighted by atomic mass is 9.98. The van der Waals surface area contributed by atoms with Crippen LogP contribution in [0.2, 0.25) is 0 Å². The maximum absolute atomic E-state index is 14.5. The first kappa shape index (κ1) is 62.2. The summed E-state index contributed by atoms with van der Waals surface area (Å²) in [5.74, 6) is -8.71. The molecule has 8 atom stereocenters. The molecule has 2 aromatic carbocycles. The van der Waals surface area contributed by atoms with Gasteiger partial charge in [-0.2, -0.15) is 0 Å². The molecule has 1 heterocycles. The third kappa shape index (κ3) is 20.7. The van der Waals surface area contributed by atoms with Crippen LogP contribution in [0.3, 0.4) is 0 Å². The fourth-order valence-electron chi connectivity index (χ4n) is 8.12. The molecule has 3 rings (SSSR count). The number of nitrogens with one attached hydrogen (secondary N) is 9. The number of amides is 10. The normalized spacial score (nSPS) is 14.4. The van der Waals surface area contributed by atoms with Crippen LogP contribution < -0.4 is 65.5 Å². The summed E-state index contributed by atoms with van der Waals surface area (Å²) in [4.78, 5) is 141. The van der Waals surface area contributed by atoms with Crippen molar-refractivity contribution in [3.8, 4) is 0 Å². The molecule has 76 heavy (non-hydrogen) atoms. The number of aromatic nitrogens is 1. The topological polar surface area (TPSA) is 399 Å². The molecule has 3 aromatic rings. The number of primary amides is 2. The second-order valence-electron chi connectivity index (χ2n) is 19.9. The Morgan fingerprint density at radius 1 is 0.539 bits per heavy atom. The van der Waals surface area contributed by atoms with Gasteiger partial charge in [0.2, 0.25) is 59.1 Å². The van der Waals surface area contributed by atoms with E-state index in [9.17, 15) is 47.9 Å². The van der Waals surface area contributed by atoms with Crippen molar-refractivity contribution in [3.05, 3.63) is 71.9 Å². The van der Waals surface area contributed by atoms with Gasteiger partial charge in [0.1, 0.15) is 48.3 Å². The van der Waals surface area contributed by atoms with Crippen LogP contribution in [0.5, 0.6) is 0 Å². The van der Waals surface area contributed by atoms with E-state index < -0.39 is 113 Å². The Balaban J connectivity index is 1.90. The predicted molar refractivity (Wildman–Crippen MR) is 286 cm³/mol. The zero-order chi connectivity index (χ0) is 56.8. The molecule has 0 saturated heterocycles. The number of aromatic amines is 1. The fourth-order valence-corrected chi connectivity index (χ4v) is 8.12. The second kappa shape index (κ2) is 30.4. The first-order valence-corrected chi connectivity index (χ1v) is 25.4. The van der Waals surface area contributed by atoms with Gasteiger partial charge in [-0.05, 0) is 67.6 Å². The number of nitrogens with two attached hydrogens (primary N) is 4. The van der Waals surface area contributed by atoms with Gasteiger partial charge in [-0.25, -0.2) is 0 Å². The van der Waals surface area contributed by atoms with E-state index in [1.165, 1.54) is 13.8 Å². The van der Waals surface area contributed by atoms with E-state index in [-0.39, 0.29) is 69.3 Å². The standard InChI is InChI=1S/C52H78N14O10/c1-27(2)23-39(65-51(76)43(29(5)6)66-45(70)30(7)59-50(75)42(28(3)4)60-31(8)67)48(73)64-40(24-32-15-10-9-11-16-32)49(74)62-37(20-21-41(53)68)47(72)61-36(19-14-22-57-52(55)56)46(71)63-38(44(54)69)25-33-26-58-35-18-13-12-17-34(33)35/h9-13,15-18,26-30,36-40,42-43,58H,14,19-25H2,1-8H3,(H2,53,68)(H2,54,69)(H,59,75)(H,60,67)(H,61,72)(H,62,74)(H,63,71)(H,64,73)(H,65,76)(H,66,70)(H4,55,56,57)/t30-,36-,37-,38-,39-,40-,42-,43-/m0/s1. The molecule has 17 N–H and O–H groups in total. The molecule has 0 radical (unpaired) electrons. The van der Waals surface area contributed by atoms with Crippen molar-refractivity contribution >= 4 is 75.9 Å². The zero-order valence-electron chi connectivity index (χ0n) is 44.6. The van der Waals surface area contributed by atoms with Crippen LogP contribution >= 0.6 is 0 Å². The van der Waals surface area contributed by atoms with Crippen molar-refractivity contribution in [2.45, 2.75) is 149 Å². The summed E-state index contributed by atoms with van der Waals surface area (Å²) in [6, 6.07) is 5.94. The molecule has 0 aliphatic rings. The van der Waals surface area contributed by atoms with Gasteiger partial charge >= 0.3 is 0 Å². The lowest BCUT2D eigenvalue weighted by Crippen LogP contribution is -2.61. The molecule has 0 fully saturated rings. The van der Waals surface area contributed by atoms with Crippen molar-refractivity contribution < 1.29 is 47.9 Å². The SMILES string of the molecule is CC(=O)N[C@H](C(=O)N[C@@H](C)C(=O)N[C@H](C(=O)N[C@@H](CC(C)C)C(=O)N[C@@H](Cc1ccccc1)C(=O)N[C@@H](CCC(N)=O)C(=O)N[C@@H](CCCN=C(N)N)C(=O)N[C@@H](Cc1c[nH]c2ccccc12)C(N)=O)C(C)C)C(C)C. The minimum absolute atomic E-state index is 0.00431. The van der Waals surface area contributed by atoms with Crippen LogP contribution in [0.4, 0.5) is 0 Å². The van der Waals surface area contributed by atoms with Crippen LogP contribution in [-0.4, -0.2) is 125 Å². The van der Waals surface area contributed by atoms with Gasteiger partial charge in [0.15, 0.2) is 5.96 Å². The van der Waals surface area contributed by atoms with E-state index in [4.69, 9.17) is 22.9 Å². The number of nitrogens with zero attached hydrogens (tertiary/aromatic N) is 1. The predicted octanol–water partition coefficient (Wildman–Crippen LogP) is -0.966. The van der Waals surface area contributed by atoms with E-state index >= 15 is 0 Å². The van der Waals surface area contributed by atoms with Crippen LogP contribution in [0, 0.1) is 17.8 Å². The molecule has 0 unspecified atom stereocenters. The van der Waals surface area contributed by atoms with Gasteiger partial charge < -0.3 is 70.5 Å². The second-order valence-corrected chi connectivity index (χ2v) is 19.9. The van der Waals surface area contributed by atoms with Gasteiger partial charge in [0.25, 0.3) is 0 Å². The van der Waals surface area contributed by atoms with E-state index in [0.29, 0.717) is 11.1 Å². The number of hydrogen-bond acceptors (Lipinski definition) is 11. The van der Waals surface area contributed by atoms with Crippen molar-refractivity contribution in [1.29, 1.82) is 0 Å².